The normalized spacial score (nSPS) is 26.9. The smallest absolute Gasteiger partial charge is 0.446 e. The molecule has 0 aromatic heterocycles. The van der Waals surface area contributed by atoms with Crippen molar-refractivity contribution in [1.29, 1.82) is 0 Å². The van der Waals surface area contributed by atoms with E-state index in [1.165, 1.54) is 6.42 Å². The minimum absolute atomic E-state index is 0.0526. The van der Waals surface area contributed by atoms with Gasteiger partial charge in [0.25, 0.3) is 0 Å². The highest BCUT2D eigenvalue weighted by molar-refractivity contribution is 7.55. The van der Waals surface area contributed by atoms with Gasteiger partial charge in [-0.3, -0.25) is 0 Å². The van der Waals surface area contributed by atoms with Crippen LogP contribution >= 0.6 is 7.60 Å². The van der Waals surface area contributed by atoms with Crippen LogP contribution in [0.15, 0.2) is 60.7 Å². The summed E-state index contributed by atoms with van der Waals surface area (Å²) in [6.07, 6.45) is 2.33. The predicted molar refractivity (Wildman–Crippen MR) is 124 cm³/mol. The van der Waals surface area contributed by atoms with Gasteiger partial charge in [-0.1, -0.05) is 57.2 Å². The first kappa shape index (κ1) is 22.7. The standard InChI is InChI=1S/C25H32NO5P/c1-18(26-23(27)29-22-17-19-15-16-25(22,4)24(19,2)3)32(28,30-20-11-7-5-8-12-20)31-21-13-9-6-10-14-21/h5-14,18-19,22H,15-17H2,1-4H3,(H,26,27). The fourth-order valence-corrected chi connectivity index (χ4v) is 6.60. The average Bonchev–Trinajstić information content (AvgIpc) is 3.08. The molecule has 7 heteroatoms. The Hall–Kier alpha value is -2.46. The van der Waals surface area contributed by atoms with E-state index < -0.39 is 19.5 Å². The Balaban J connectivity index is 1.48. The number of para-hydroxylation sites is 2. The summed E-state index contributed by atoms with van der Waals surface area (Å²) in [6.45, 7) is 8.36. The van der Waals surface area contributed by atoms with Crippen molar-refractivity contribution >= 4 is 13.7 Å². The number of rotatable bonds is 7. The fraction of sp³-hybridized carbons (Fsp3) is 0.480. The average molecular weight is 458 g/mol. The fourth-order valence-electron chi connectivity index (χ4n) is 5.15. The van der Waals surface area contributed by atoms with E-state index in [2.05, 4.69) is 26.1 Å². The second-order valence-corrected chi connectivity index (χ2v) is 11.9. The summed E-state index contributed by atoms with van der Waals surface area (Å²) < 4.78 is 31.3. The Labute approximate surface area is 190 Å². The first-order valence-electron chi connectivity index (χ1n) is 11.2. The lowest BCUT2D eigenvalue weighted by atomic mass is 9.70. The van der Waals surface area contributed by atoms with E-state index in [4.69, 9.17) is 13.8 Å². The molecule has 2 saturated carbocycles. The summed E-state index contributed by atoms with van der Waals surface area (Å²) in [5, 5.41) is 2.72. The van der Waals surface area contributed by atoms with Gasteiger partial charge in [0.1, 0.15) is 17.6 Å². The molecule has 4 atom stereocenters. The van der Waals surface area contributed by atoms with Crippen LogP contribution in [-0.2, 0) is 9.30 Å². The highest BCUT2D eigenvalue weighted by Gasteiger charge is 2.63. The number of nitrogens with one attached hydrogen (secondary N) is 1. The molecule has 2 aromatic carbocycles. The summed E-state index contributed by atoms with van der Waals surface area (Å²) in [7, 11) is -3.82. The largest absolute Gasteiger partial charge is 0.452 e. The van der Waals surface area contributed by atoms with Crippen molar-refractivity contribution in [2.45, 2.75) is 58.8 Å². The van der Waals surface area contributed by atoms with Crippen LogP contribution in [0, 0.1) is 16.7 Å². The van der Waals surface area contributed by atoms with Crippen molar-refractivity contribution in [3.05, 3.63) is 60.7 Å². The van der Waals surface area contributed by atoms with Crippen LogP contribution in [0.5, 0.6) is 11.5 Å². The minimum Gasteiger partial charge on any atom is -0.446 e. The highest BCUT2D eigenvalue weighted by Crippen LogP contribution is 2.66. The zero-order valence-electron chi connectivity index (χ0n) is 19.1. The Morgan fingerprint density at radius 1 is 1.00 bits per heavy atom. The van der Waals surface area contributed by atoms with Crippen LogP contribution in [0.2, 0.25) is 0 Å². The molecule has 2 aromatic rings. The van der Waals surface area contributed by atoms with Gasteiger partial charge < -0.3 is 19.1 Å². The summed E-state index contributed by atoms with van der Waals surface area (Å²) in [5.74, 6) is 0.429. The van der Waals surface area contributed by atoms with E-state index in [1.807, 2.05) is 12.1 Å². The van der Waals surface area contributed by atoms with Crippen LogP contribution < -0.4 is 14.4 Å². The van der Waals surface area contributed by atoms with Gasteiger partial charge in [-0.05, 0) is 61.8 Å². The molecule has 2 fully saturated rings. The molecule has 1 N–H and O–H groups in total. The maximum atomic E-state index is 13.8. The van der Waals surface area contributed by atoms with Crippen LogP contribution in [-0.4, -0.2) is 18.0 Å². The number of hydrogen-bond acceptors (Lipinski definition) is 5. The number of carbonyl (C=O) groups excluding carboxylic acids is 1. The Bertz CT molecular complexity index is 950. The van der Waals surface area contributed by atoms with E-state index in [1.54, 1.807) is 55.5 Å². The Kier molecular flexibility index (Phi) is 6.02. The Morgan fingerprint density at radius 2 is 1.53 bits per heavy atom. The molecular weight excluding hydrogens is 425 g/mol. The summed E-state index contributed by atoms with van der Waals surface area (Å²) >= 11 is 0. The maximum absolute atomic E-state index is 13.8. The third-order valence-corrected chi connectivity index (χ3v) is 9.72. The van der Waals surface area contributed by atoms with Gasteiger partial charge in [-0.25, -0.2) is 9.36 Å². The van der Waals surface area contributed by atoms with E-state index in [0.29, 0.717) is 17.4 Å². The van der Waals surface area contributed by atoms with E-state index in [9.17, 15) is 9.36 Å². The number of benzene rings is 2. The first-order chi connectivity index (χ1) is 15.1. The zero-order chi connectivity index (χ0) is 23.0. The van der Waals surface area contributed by atoms with Gasteiger partial charge in [-0.15, -0.1) is 0 Å². The molecule has 1 amide bonds. The molecule has 0 saturated heterocycles. The molecule has 0 radical (unpaired) electrons. The van der Waals surface area contributed by atoms with Gasteiger partial charge in [0, 0.05) is 5.41 Å². The highest BCUT2D eigenvalue weighted by atomic mass is 31.2. The van der Waals surface area contributed by atoms with E-state index in [-0.39, 0.29) is 16.9 Å². The summed E-state index contributed by atoms with van der Waals surface area (Å²) in [6, 6.07) is 17.6. The summed E-state index contributed by atoms with van der Waals surface area (Å²) in [5.41, 5.74) is 0.0781. The lowest BCUT2D eigenvalue weighted by Gasteiger charge is -2.38. The molecular formula is C25H32NO5P. The third-order valence-electron chi connectivity index (χ3n) is 7.72. The van der Waals surface area contributed by atoms with Crippen molar-refractivity contribution in [3.8, 4) is 11.5 Å². The minimum atomic E-state index is -3.82. The molecule has 2 aliphatic rings. The molecule has 4 rings (SSSR count). The molecule has 6 nitrogen and oxygen atoms in total. The predicted octanol–water partition coefficient (Wildman–Crippen LogP) is 6.62. The number of hydrogen-bond donors (Lipinski definition) is 1. The van der Waals surface area contributed by atoms with Gasteiger partial charge >= 0.3 is 13.7 Å². The SMILES string of the molecule is CC(NC(=O)OC1CC2CCC1(C)C2(C)C)P(=O)(Oc1ccccc1)Oc1ccccc1. The topological polar surface area (TPSA) is 73.9 Å². The van der Waals surface area contributed by atoms with Crippen molar-refractivity contribution in [3.63, 3.8) is 0 Å². The maximum Gasteiger partial charge on any atom is 0.452 e. The lowest BCUT2D eigenvalue weighted by Crippen LogP contribution is -2.42. The van der Waals surface area contributed by atoms with Crippen LogP contribution in [0.1, 0.15) is 47.0 Å². The van der Waals surface area contributed by atoms with Crippen LogP contribution in [0.4, 0.5) is 4.79 Å². The number of alkyl carbamates (subject to hydrolysis) is 1. The monoisotopic (exact) mass is 457 g/mol. The van der Waals surface area contributed by atoms with Gasteiger partial charge in [-0.2, -0.15) is 0 Å². The van der Waals surface area contributed by atoms with Crippen molar-refractivity contribution in [2.75, 3.05) is 0 Å². The number of carbonyl (C=O) groups is 1. The Morgan fingerprint density at radius 3 is 1.97 bits per heavy atom. The number of ether oxygens (including phenoxy) is 1. The molecule has 4 unspecified atom stereocenters. The van der Waals surface area contributed by atoms with Crippen molar-refractivity contribution in [2.24, 2.45) is 16.7 Å². The number of fused-ring (bicyclic) bond motifs is 2. The molecule has 172 valence electrons. The molecule has 0 heterocycles. The second kappa shape index (κ2) is 8.47. The molecule has 32 heavy (non-hydrogen) atoms. The quantitative estimate of drug-likeness (QED) is 0.473. The molecule has 0 spiro atoms. The van der Waals surface area contributed by atoms with Crippen molar-refractivity contribution < 1.29 is 23.1 Å². The molecule has 2 bridgehead atoms. The number of amides is 1. The van der Waals surface area contributed by atoms with Crippen LogP contribution in [0.25, 0.3) is 0 Å². The first-order valence-corrected chi connectivity index (χ1v) is 12.8. The molecule has 2 aliphatic carbocycles. The third kappa shape index (κ3) is 4.13. The van der Waals surface area contributed by atoms with Gasteiger partial charge in [0.15, 0.2) is 5.78 Å². The molecule has 0 aliphatic heterocycles. The van der Waals surface area contributed by atoms with Crippen molar-refractivity contribution in [1.82, 2.24) is 5.32 Å². The lowest BCUT2D eigenvalue weighted by molar-refractivity contribution is -0.00454. The zero-order valence-corrected chi connectivity index (χ0v) is 20.0. The van der Waals surface area contributed by atoms with Gasteiger partial charge in [0.2, 0.25) is 0 Å². The van der Waals surface area contributed by atoms with Gasteiger partial charge in [0.05, 0.1) is 0 Å². The van der Waals surface area contributed by atoms with Crippen LogP contribution in [0.3, 0.4) is 0 Å². The van der Waals surface area contributed by atoms with E-state index in [0.717, 1.165) is 12.8 Å². The second-order valence-electron chi connectivity index (χ2n) is 9.67. The summed E-state index contributed by atoms with van der Waals surface area (Å²) in [4.78, 5) is 12.8. The van der Waals surface area contributed by atoms with E-state index >= 15 is 0 Å².